The second-order valence-electron chi connectivity index (χ2n) is 4.32. The molecule has 94 valence electrons. The summed E-state index contributed by atoms with van der Waals surface area (Å²) in [4.78, 5) is 0.233. The van der Waals surface area contributed by atoms with Gasteiger partial charge in [0.05, 0.1) is 11.0 Å². The van der Waals surface area contributed by atoms with E-state index < -0.39 is 16.1 Å². The molecule has 0 bridgehead atoms. The summed E-state index contributed by atoms with van der Waals surface area (Å²) in [6.07, 6.45) is 1.05. The highest BCUT2D eigenvalue weighted by atomic mass is 32.2. The van der Waals surface area contributed by atoms with E-state index in [1.165, 1.54) is 4.31 Å². The van der Waals surface area contributed by atoms with E-state index in [0.29, 0.717) is 18.7 Å². The van der Waals surface area contributed by atoms with Gasteiger partial charge in [-0.1, -0.05) is 18.2 Å². The van der Waals surface area contributed by atoms with Crippen molar-refractivity contribution >= 4 is 10.0 Å². The van der Waals surface area contributed by atoms with Crippen LogP contribution in [0, 0.1) is 0 Å². The van der Waals surface area contributed by atoms with Gasteiger partial charge >= 0.3 is 0 Å². The molecule has 0 amide bonds. The van der Waals surface area contributed by atoms with Gasteiger partial charge in [0.25, 0.3) is 0 Å². The maximum absolute atomic E-state index is 12.4. The van der Waals surface area contributed by atoms with Crippen molar-refractivity contribution in [1.82, 2.24) is 4.31 Å². The molecule has 1 heterocycles. The Morgan fingerprint density at radius 2 is 1.82 bits per heavy atom. The molecule has 1 fully saturated rings. The van der Waals surface area contributed by atoms with Crippen LogP contribution in [0.3, 0.4) is 0 Å². The van der Waals surface area contributed by atoms with Gasteiger partial charge in [-0.05, 0) is 25.8 Å². The number of hydrogen-bond donors (Lipinski definition) is 1. The maximum atomic E-state index is 12.4. The first-order chi connectivity index (χ1) is 8.03. The molecule has 1 aromatic carbocycles. The summed E-state index contributed by atoms with van der Waals surface area (Å²) in [5, 5.41) is 9.63. The average molecular weight is 255 g/mol. The fourth-order valence-corrected chi connectivity index (χ4v) is 3.93. The molecule has 1 unspecified atom stereocenters. The number of sulfonamides is 1. The largest absolute Gasteiger partial charge is 0.389 e. The van der Waals surface area contributed by atoms with Crippen molar-refractivity contribution in [3.05, 3.63) is 29.8 Å². The van der Waals surface area contributed by atoms with Crippen LogP contribution in [-0.4, -0.2) is 30.9 Å². The van der Waals surface area contributed by atoms with Gasteiger partial charge in [-0.15, -0.1) is 0 Å². The van der Waals surface area contributed by atoms with Crippen LogP contribution >= 0.6 is 0 Å². The monoisotopic (exact) mass is 255 g/mol. The standard InChI is InChI=1S/C12H17NO3S/c1-10(14)11-6-2-3-7-12(11)17(15,16)13-8-4-5-9-13/h2-3,6-7,10,14H,4-5,8-9H2,1H3. The van der Waals surface area contributed by atoms with Crippen molar-refractivity contribution < 1.29 is 13.5 Å². The lowest BCUT2D eigenvalue weighted by Gasteiger charge is -2.19. The lowest BCUT2D eigenvalue weighted by molar-refractivity contribution is 0.196. The third kappa shape index (κ3) is 2.36. The molecular formula is C12H17NO3S. The van der Waals surface area contributed by atoms with Crippen molar-refractivity contribution in [2.45, 2.75) is 30.8 Å². The molecule has 4 nitrogen and oxygen atoms in total. The van der Waals surface area contributed by atoms with E-state index in [4.69, 9.17) is 0 Å². The number of rotatable bonds is 3. The minimum Gasteiger partial charge on any atom is -0.389 e. The second-order valence-corrected chi connectivity index (χ2v) is 6.23. The van der Waals surface area contributed by atoms with Crippen LogP contribution in [0.15, 0.2) is 29.2 Å². The summed E-state index contributed by atoms with van der Waals surface area (Å²) in [7, 11) is -3.44. The molecule has 17 heavy (non-hydrogen) atoms. The summed E-state index contributed by atoms with van der Waals surface area (Å²) in [6.45, 7) is 2.74. The van der Waals surface area contributed by atoms with E-state index in [-0.39, 0.29) is 4.90 Å². The zero-order valence-electron chi connectivity index (χ0n) is 9.83. The van der Waals surface area contributed by atoms with Crippen LogP contribution < -0.4 is 0 Å². The Kier molecular flexibility index (Phi) is 3.51. The minimum atomic E-state index is -3.44. The van der Waals surface area contributed by atoms with Crippen LogP contribution in [0.1, 0.15) is 31.4 Å². The number of nitrogens with zero attached hydrogens (tertiary/aromatic N) is 1. The Labute approximate surface area is 102 Å². The Balaban J connectivity index is 2.45. The molecule has 1 aliphatic heterocycles. The highest BCUT2D eigenvalue weighted by molar-refractivity contribution is 7.89. The first-order valence-electron chi connectivity index (χ1n) is 5.80. The SMILES string of the molecule is CC(O)c1ccccc1S(=O)(=O)N1CCCC1. The van der Waals surface area contributed by atoms with Gasteiger partial charge in [0, 0.05) is 18.7 Å². The number of aliphatic hydroxyl groups is 1. The summed E-state index contributed by atoms with van der Waals surface area (Å²) >= 11 is 0. The van der Waals surface area contributed by atoms with Gasteiger partial charge in [0.1, 0.15) is 0 Å². The number of aliphatic hydroxyl groups excluding tert-OH is 1. The van der Waals surface area contributed by atoms with Gasteiger partial charge in [-0.3, -0.25) is 0 Å². The van der Waals surface area contributed by atoms with Gasteiger partial charge in [0.15, 0.2) is 0 Å². The van der Waals surface area contributed by atoms with Gasteiger partial charge in [-0.2, -0.15) is 4.31 Å². The molecule has 0 aliphatic carbocycles. The molecule has 0 saturated carbocycles. The van der Waals surface area contributed by atoms with Gasteiger partial charge in [0.2, 0.25) is 10.0 Å². The summed E-state index contributed by atoms with van der Waals surface area (Å²) in [6, 6.07) is 6.66. The van der Waals surface area contributed by atoms with E-state index in [9.17, 15) is 13.5 Å². The third-order valence-corrected chi connectivity index (χ3v) is 5.02. The van der Waals surface area contributed by atoms with Crippen molar-refractivity contribution in [2.24, 2.45) is 0 Å². The normalized spacial score (nSPS) is 19.4. The van der Waals surface area contributed by atoms with Crippen LogP contribution in [0.4, 0.5) is 0 Å². The average Bonchev–Trinajstić information content (AvgIpc) is 2.83. The number of benzene rings is 1. The Bertz CT molecular complexity index is 490. The van der Waals surface area contributed by atoms with Gasteiger partial charge in [-0.25, -0.2) is 8.42 Å². The van der Waals surface area contributed by atoms with Crippen molar-refractivity contribution in [2.75, 3.05) is 13.1 Å². The summed E-state index contributed by atoms with van der Waals surface area (Å²) in [5.74, 6) is 0. The first-order valence-corrected chi connectivity index (χ1v) is 7.24. The minimum absolute atomic E-state index is 0.233. The van der Waals surface area contributed by atoms with Crippen LogP contribution in [-0.2, 0) is 10.0 Å². The zero-order chi connectivity index (χ0) is 12.5. The van der Waals surface area contributed by atoms with Crippen molar-refractivity contribution in [3.8, 4) is 0 Å². The van der Waals surface area contributed by atoms with E-state index in [1.807, 2.05) is 0 Å². The van der Waals surface area contributed by atoms with E-state index in [1.54, 1.807) is 31.2 Å². The zero-order valence-corrected chi connectivity index (χ0v) is 10.7. The van der Waals surface area contributed by atoms with Crippen molar-refractivity contribution in [1.29, 1.82) is 0 Å². The highest BCUT2D eigenvalue weighted by Gasteiger charge is 2.29. The third-order valence-electron chi connectivity index (χ3n) is 3.05. The predicted octanol–water partition coefficient (Wildman–Crippen LogP) is 1.52. The van der Waals surface area contributed by atoms with E-state index in [0.717, 1.165) is 12.8 Å². The van der Waals surface area contributed by atoms with Crippen LogP contribution in [0.2, 0.25) is 0 Å². The Morgan fingerprint density at radius 1 is 1.24 bits per heavy atom. The molecule has 1 atom stereocenters. The lowest BCUT2D eigenvalue weighted by atomic mass is 10.1. The molecule has 1 saturated heterocycles. The van der Waals surface area contributed by atoms with Gasteiger partial charge < -0.3 is 5.11 Å². The lowest BCUT2D eigenvalue weighted by Crippen LogP contribution is -2.28. The molecule has 1 aromatic rings. The Morgan fingerprint density at radius 3 is 2.41 bits per heavy atom. The number of hydrogen-bond acceptors (Lipinski definition) is 3. The smallest absolute Gasteiger partial charge is 0.243 e. The molecule has 1 aliphatic rings. The predicted molar refractivity (Wildman–Crippen MR) is 65.1 cm³/mol. The first kappa shape index (κ1) is 12.5. The van der Waals surface area contributed by atoms with Crippen LogP contribution in [0.25, 0.3) is 0 Å². The molecule has 1 N–H and O–H groups in total. The molecule has 0 aromatic heterocycles. The van der Waals surface area contributed by atoms with E-state index in [2.05, 4.69) is 0 Å². The topological polar surface area (TPSA) is 57.6 Å². The molecule has 0 radical (unpaired) electrons. The maximum Gasteiger partial charge on any atom is 0.243 e. The fourth-order valence-electron chi connectivity index (χ4n) is 2.13. The quantitative estimate of drug-likeness (QED) is 0.891. The summed E-state index contributed by atoms with van der Waals surface area (Å²) in [5.41, 5.74) is 0.472. The van der Waals surface area contributed by atoms with Crippen molar-refractivity contribution in [3.63, 3.8) is 0 Å². The fraction of sp³-hybridized carbons (Fsp3) is 0.500. The van der Waals surface area contributed by atoms with E-state index >= 15 is 0 Å². The Hall–Kier alpha value is -0.910. The molecule has 2 rings (SSSR count). The summed E-state index contributed by atoms with van der Waals surface area (Å²) < 4.78 is 26.2. The van der Waals surface area contributed by atoms with Crippen LogP contribution in [0.5, 0.6) is 0 Å². The molecule has 5 heteroatoms. The molecular weight excluding hydrogens is 238 g/mol. The highest BCUT2D eigenvalue weighted by Crippen LogP contribution is 2.27. The second kappa shape index (κ2) is 4.76. The molecule has 0 spiro atoms.